The van der Waals surface area contributed by atoms with E-state index in [4.69, 9.17) is 21.1 Å². The highest BCUT2D eigenvalue weighted by Gasteiger charge is 2.08. The van der Waals surface area contributed by atoms with Gasteiger partial charge in [-0.2, -0.15) is 4.98 Å². The van der Waals surface area contributed by atoms with Gasteiger partial charge in [-0.15, -0.1) is 0 Å². The molecule has 0 aliphatic rings. The summed E-state index contributed by atoms with van der Waals surface area (Å²) < 4.78 is 11.4. The molecule has 1 N–H and O–H groups in total. The average Bonchev–Trinajstić information content (AvgIpc) is 2.52. The third kappa shape index (κ3) is 4.73. The Morgan fingerprint density at radius 2 is 1.77 bits per heavy atom. The predicted molar refractivity (Wildman–Crippen MR) is 86.1 cm³/mol. The first-order valence-corrected chi connectivity index (χ1v) is 7.62. The molecule has 2 rings (SSSR count). The molecule has 0 aliphatic heterocycles. The quantitative estimate of drug-likeness (QED) is 0.796. The van der Waals surface area contributed by atoms with Crippen LogP contribution in [0.4, 0.5) is 11.6 Å². The number of nitrogens with one attached hydrogen (secondary N) is 1. The summed E-state index contributed by atoms with van der Waals surface area (Å²) in [7, 11) is 0. The molecular weight excluding hydrogens is 304 g/mol. The topological polar surface area (TPSA) is 69.2 Å². The van der Waals surface area contributed by atoms with Crippen LogP contribution < -0.4 is 14.8 Å². The summed E-state index contributed by atoms with van der Waals surface area (Å²) in [6.45, 7) is 5.40. The van der Waals surface area contributed by atoms with E-state index < -0.39 is 0 Å². The average molecular weight is 323 g/mol. The first-order chi connectivity index (χ1) is 10.7. The number of nitrogens with zero attached hydrogens (tertiary/aromatic N) is 3. The molecule has 0 radical (unpaired) electrons. The van der Waals surface area contributed by atoms with E-state index in [1.54, 1.807) is 0 Å². The maximum atomic E-state index is 5.75. The SMILES string of the molecule is CCCOc1ccc(Nc2ncnc(Cl)n2)cc1OCCC. The summed E-state index contributed by atoms with van der Waals surface area (Å²) in [6, 6.07) is 5.60. The van der Waals surface area contributed by atoms with E-state index in [1.807, 2.05) is 18.2 Å². The van der Waals surface area contributed by atoms with Crippen LogP contribution in [0.1, 0.15) is 26.7 Å². The Morgan fingerprint density at radius 1 is 1.05 bits per heavy atom. The summed E-state index contributed by atoms with van der Waals surface area (Å²) in [4.78, 5) is 11.7. The Balaban J connectivity index is 2.17. The molecule has 0 bridgehead atoms. The zero-order chi connectivity index (χ0) is 15.8. The monoisotopic (exact) mass is 322 g/mol. The van der Waals surface area contributed by atoms with Gasteiger partial charge in [0.25, 0.3) is 0 Å². The maximum Gasteiger partial charge on any atom is 0.231 e. The molecule has 0 unspecified atom stereocenters. The molecular formula is C15H19ClN4O2. The second-order valence-corrected chi connectivity index (χ2v) is 4.90. The highest BCUT2D eigenvalue weighted by Crippen LogP contribution is 2.31. The maximum absolute atomic E-state index is 5.75. The van der Waals surface area contributed by atoms with E-state index in [9.17, 15) is 0 Å². The number of hydrogen-bond acceptors (Lipinski definition) is 6. The number of anilines is 2. The largest absolute Gasteiger partial charge is 0.490 e. The van der Waals surface area contributed by atoms with E-state index in [0.717, 1.165) is 24.3 Å². The highest BCUT2D eigenvalue weighted by molar-refractivity contribution is 6.28. The van der Waals surface area contributed by atoms with Crippen molar-refractivity contribution >= 4 is 23.2 Å². The first-order valence-electron chi connectivity index (χ1n) is 7.24. The standard InChI is InChI=1S/C15H19ClN4O2/c1-3-7-21-12-6-5-11(9-13(12)22-8-4-2)19-15-18-10-17-14(16)20-15/h5-6,9-10H,3-4,7-8H2,1-2H3,(H,17,18,19,20). The van der Waals surface area contributed by atoms with E-state index in [0.29, 0.717) is 24.9 Å². The fourth-order valence-corrected chi connectivity index (χ4v) is 1.83. The van der Waals surface area contributed by atoms with Crippen molar-refractivity contribution in [3.63, 3.8) is 0 Å². The molecule has 6 nitrogen and oxygen atoms in total. The molecule has 118 valence electrons. The first kappa shape index (κ1) is 16.3. The normalized spacial score (nSPS) is 10.3. The minimum Gasteiger partial charge on any atom is -0.490 e. The Labute approximate surface area is 134 Å². The number of hydrogen-bond donors (Lipinski definition) is 1. The van der Waals surface area contributed by atoms with Crippen LogP contribution in [0.3, 0.4) is 0 Å². The molecule has 1 aromatic carbocycles. The van der Waals surface area contributed by atoms with Crippen LogP contribution in [0.15, 0.2) is 24.5 Å². The molecule has 0 amide bonds. The number of aromatic nitrogens is 3. The van der Waals surface area contributed by atoms with Gasteiger partial charge in [-0.05, 0) is 36.6 Å². The van der Waals surface area contributed by atoms with Crippen molar-refractivity contribution in [3.8, 4) is 11.5 Å². The van der Waals surface area contributed by atoms with E-state index in [1.165, 1.54) is 6.33 Å². The van der Waals surface area contributed by atoms with Gasteiger partial charge in [0.15, 0.2) is 11.5 Å². The van der Waals surface area contributed by atoms with Crippen molar-refractivity contribution in [2.75, 3.05) is 18.5 Å². The third-order valence-electron chi connectivity index (χ3n) is 2.67. The van der Waals surface area contributed by atoms with Crippen LogP contribution in [-0.4, -0.2) is 28.2 Å². The lowest BCUT2D eigenvalue weighted by Gasteiger charge is -2.14. The second-order valence-electron chi connectivity index (χ2n) is 4.56. The zero-order valence-corrected chi connectivity index (χ0v) is 13.4. The van der Waals surface area contributed by atoms with Gasteiger partial charge in [0.2, 0.25) is 11.2 Å². The summed E-state index contributed by atoms with van der Waals surface area (Å²) in [6.07, 6.45) is 3.22. The predicted octanol–water partition coefficient (Wildman–Crippen LogP) is 3.85. The Kier molecular flexibility index (Phi) is 6.21. The van der Waals surface area contributed by atoms with Gasteiger partial charge in [0.05, 0.1) is 13.2 Å². The zero-order valence-electron chi connectivity index (χ0n) is 12.7. The Bertz CT molecular complexity index is 610. The smallest absolute Gasteiger partial charge is 0.231 e. The molecule has 0 aliphatic carbocycles. The van der Waals surface area contributed by atoms with Gasteiger partial charge in [0.1, 0.15) is 6.33 Å². The van der Waals surface area contributed by atoms with Crippen molar-refractivity contribution in [2.45, 2.75) is 26.7 Å². The lowest BCUT2D eigenvalue weighted by molar-refractivity contribution is 0.268. The van der Waals surface area contributed by atoms with Crippen molar-refractivity contribution in [3.05, 3.63) is 29.8 Å². The third-order valence-corrected chi connectivity index (χ3v) is 2.85. The number of rotatable bonds is 8. The van der Waals surface area contributed by atoms with Crippen molar-refractivity contribution in [1.82, 2.24) is 15.0 Å². The fourth-order valence-electron chi connectivity index (χ4n) is 1.71. The molecule has 2 aromatic rings. The molecule has 22 heavy (non-hydrogen) atoms. The lowest BCUT2D eigenvalue weighted by Crippen LogP contribution is -2.03. The second kappa shape index (κ2) is 8.38. The van der Waals surface area contributed by atoms with Crippen LogP contribution in [-0.2, 0) is 0 Å². The molecule has 0 fully saturated rings. The van der Waals surface area contributed by atoms with E-state index >= 15 is 0 Å². The van der Waals surface area contributed by atoms with E-state index in [2.05, 4.69) is 34.1 Å². The molecule has 7 heteroatoms. The van der Waals surface area contributed by atoms with E-state index in [-0.39, 0.29) is 5.28 Å². The van der Waals surface area contributed by atoms with Gasteiger partial charge in [-0.3, -0.25) is 0 Å². The minimum absolute atomic E-state index is 0.142. The molecule has 1 aromatic heterocycles. The molecule has 1 heterocycles. The molecule has 0 atom stereocenters. The molecule has 0 saturated heterocycles. The fraction of sp³-hybridized carbons (Fsp3) is 0.400. The van der Waals surface area contributed by atoms with Gasteiger partial charge < -0.3 is 14.8 Å². The summed E-state index contributed by atoms with van der Waals surface area (Å²) in [5.41, 5.74) is 0.789. The van der Waals surface area contributed by atoms with Gasteiger partial charge in [-0.1, -0.05) is 13.8 Å². The lowest BCUT2D eigenvalue weighted by atomic mass is 10.2. The summed E-state index contributed by atoms with van der Waals surface area (Å²) in [5, 5.41) is 3.20. The van der Waals surface area contributed by atoms with Crippen LogP contribution in [0, 0.1) is 0 Å². The summed E-state index contributed by atoms with van der Waals surface area (Å²) >= 11 is 5.75. The van der Waals surface area contributed by atoms with Crippen LogP contribution in [0.25, 0.3) is 0 Å². The van der Waals surface area contributed by atoms with Crippen molar-refractivity contribution in [1.29, 1.82) is 0 Å². The van der Waals surface area contributed by atoms with Gasteiger partial charge in [0, 0.05) is 11.8 Å². The van der Waals surface area contributed by atoms with Crippen LogP contribution >= 0.6 is 11.6 Å². The number of benzene rings is 1. The minimum atomic E-state index is 0.142. The molecule has 0 saturated carbocycles. The summed E-state index contributed by atoms with van der Waals surface area (Å²) in [5.74, 6) is 1.80. The van der Waals surface area contributed by atoms with Crippen molar-refractivity contribution in [2.24, 2.45) is 0 Å². The Hall–Kier alpha value is -2.08. The van der Waals surface area contributed by atoms with Gasteiger partial charge in [-0.25, -0.2) is 9.97 Å². The van der Waals surface area contributed by atoms with Gasteiger partial charge >= 0.3 is 0 Å². The molecule has 0 spiro atoms. The van der Waals surface area contributed by atoms with Crippen LogP contribution in [0.5, 0.6) is 11.5 Å². The number of ether oxygens (including phenoxy) is 2. The highest BCUT2D eigenvalue weighted by atomic mass is 35.5. The van der Waals surface area contributed by atoms with Crippen molar-refractivity contribution < 1.29 is 9.47 Å². The van der Waals surface area contributed by atoms with Crippen LogP contribution in [0.2, 0.25) is 5.28 Å². The Morgan fingerprint density at radius 3 is 2.45 bits per heavy atom. The number of halogens is 1.